The Kier molecular flexibility index (Phi) is 8.24. The summed E-state index contributed by atoms with van der Waals surface area (Å²) in [5.74, 6) is 0. The Morgan fingerprint density at radius 2 is 1.68 bits per heavy atom. The summed E-state index contributed by atoms with van der Waals surface area (Å²) in [4.78, 5) is 11.5. The van der Waals surface area contributed by atoms with Gasteiger partial charge in [-0.15, -0.1) is 0 Å². The van der Waals surface area contributed by atoms with Crippen molar-refractivity contribution in [1.29, 1.82) is 0 Å². The standard InChI is InChI=1S/C12H27NO5Si/c1-7-12(2,3)18-11(14)13-9-8-10-19(15-4,16-5)17-6/h7-10H2,1-6H3,(H,13,14). The van der Waals surface area contributed by atoms with Crippen molar-refractivity contribution in [2.75, 3.05) is 27.9 Å². The summed E-state index contributed by atoms with van der Waals surface area (Å²) in [7, 11) is 2.19. The Hall–Kier alpha value is -0.633. The highest BCUT2D eigenvalue weighted by molar-refractivity contribution is 6.60. The van der Waals surface area contributed by atoms with E-state index in [2.05, 4.69) is 5.32 Å². The highest BCUT2D eigenvalue weighted by Crippen LogP contribution is 2.15. The van der Waals surface area contributed by atoms with E-state index in [1.54, 1.807) is 21.3 Å². The van der Waals surface area contributed by atoms with Crippen molar-refractivity contribution in [2.24, 2.45) is 0 Å². The molecule has 6 nitrogen and oxygen atoms in total. The zero-order valence-electron chi connectivity index (χ0n) is 12.9. The van der Waals surface area contributed by atoms with E-state index in [4.69, 9.17) is 18.0 Å². The largest absolute Gasteiger partial charge is 0.500 e. The van der Waals surface area contributed by atoms with Gasteiger partial charge in [-0.1, -0.05) is 6.92 Å². The van der Waals surface area contributed by atoms with Gasteiger partial charge in [0.05, 0.1) is 0 Å². The van der Waals surface area contributed by atoms with Crippen LogP contribution in [0.1, 0.15) is 33.6 Å². The molecule has 0 aromatic heterocycles. The first-order chi connectivity index (χ1) is 8.84. The lowest BCUT2D eigenvalue weighted by Gasteiger charge is -2.25. The summed E-state index contributed by atoms with van der Waals surface area (Å²) >= 11 is 0. The van der Waals surface area contributed by atoms with Crippen LogP contribution in [0.5, 0.6) is 0 Å². The molecule has 0 radical (unpaired) electrons. The summed E-state index contributed by atoms with van der Waals surface area (Å²) < 4.78 is 21.1. The Morgan fingerprint density at radius 1 is 1.16 bits per heavy atom. The third-order valence-electron chi connectivity index (χ3n) is 3.08. The van der Waals surface area contributed by atoms with Gasteiger partial charge in [0.2, 0.25) is 0 Å². The summed E-state index contributed by atoms with van der Waals surface area (Å²) in [6, 6.07) is 0.647. The third kappa shape index (κ3) is 6.91. The van der Waals surface area contributed by atoms with Crippen molar-refractivity contribution in [3.63, 3.8) is 0 Å². The second-order valence-corrected chi connectivity index (χ2v) is 7.92. The maximum Gasteiger partial charge on any atom is 0.500 e. The van der Waals surface area contributed by atoms with Crippen LogP contribution in [0.15, 0.2) is 0 Å². The molecule has 0 aromatic carbocycles. The second kappa shape index (κ2) is 8.52. The van der Waals surface area contributed by atoms with Crippen molar-refractivity contribution in [3.05, 3.63) is 0 Å². The van der Waals surface area contributed by atoms with Crippen molar-refractivity contribution < 1.29 is 22.8 Å². The minimum atomic E-state index is -2.54. The van der Waals surface area contributed by atoms with Crippen LogP contribution in [0.25, 0.3) is 0 Å². The first-order valence-corrected chi connectivity index (χ1v) is 8.40. The van der Waals surface area contributed by atoms with Gasteiger partial charge < -0.3 is 23.3 Å². The van der Waals surface area contributed by atoms with Gasteiger partial charge in [-0.25, -0.2) is 4.79 Å². The number of amides is 1. The van der Waals surface area contributed by atoms with Gasteiger partial charge >= 0.3 is 14.9 Å². The minimum absolute atomic E-state index is 0.397. The smallest absolute Gasteiger partial charge is 0.444 e. The Labute approximate surface area is 117 Å². The number of nitrogens with one attached hydrogen (secondary N) is 1. The fourth-order valence-electron chi connectivity index (χ4n) is 1.41. The molecule has 0 unspecified atom stereocenters. The van der Waals surface area contributed by atoms with Crippen LogP contribution >= 0.6 is 0 Å². The van der Waals surface area contributed by atoms with Gasteiger partial charge in [0.25, 0.3) is 0 Å². The van der Waals surface area contributed by atoms with Gasteiger partial charge in [-0.3, -0.25) is 0 Å². The maximum atomic E-state index is 11.5. The molecule has 0 saturated carbocycles. The highest BCUT2D eigenvalue weighted by Gasteiger charge is 2.36. The molecule has 0 aromatic rings. The van der Waals surface area contributed by atoms with Crippen molar-refractivity contribution in [3.8, 4) is 0 Å². The SMILES string of the molecule is CCC(C)(C)OC(=O)NCCC[Si](OC)(OC)OC. The number of ether oxygens (including phenoxy) is 1. The molecule has 0 bridgehead atoms. The monoisotopic (exact) mass is 293 g/mol. The molecule has 0 atom stereocenters. The molecule has 114 valence electrons. The number of hydrogen-bond acceptors (Lipinski definition) is 5. The number of rotatable bonds is 9. The average Bonchev–Trinajstić information content (AvgIpc) is 2.39. The Bertz CT molecular complexity index is 261. The quantitative estimate of drug-likeness (QED) is 0.521. The lowest BCUT2D eigenvalue weighted by molar-refractivity contribution is 0.0362. The lowest BCUT2D eigenvalue weighted by atomic mass is 10.1. The molecule has 0 rings (SSSR count). The van der Waals surface area contributed by atoms with E-state index in [1.807, 2.05) is 20.8 Å². The molecule has 7 heteroatoms. The topological polar surface area (TPSA) is 66.0 Å². The zero-order chi connectivity index (χ0) is 14.9. The number of hydrogen-bond donors (Lipinski definition) is 1. The average molecular weight is 293 g/mol. The van der Waals surface area contributed by atoms with E-state index in [0.29, 0.717) is 19.0 Å². The molecule has 1 N–H and O–H groups in total. The predicted octanol–water partition coefficient (Wildman–Crippen LogP) is 2.17. The predicted molar refractivity (Wildman–Crippen MR) is 75.1 cm³/mol. The van der Waals surface area contributed by atoms with E-state index < -0.39 is 20.5 Å². The van der Waals surface area contributed by atoms with Gasteiger partial charge in [0.1, 0.15) is 5.60 Å². The lowest BCUT2D eigenvalue weighted by Crippen LogP contribution is -2.43. The van der Waals surface area contributed by atoms with E-state index in [0.717, 1.165) is 6.42 Å². The Balaban J connectivity index is 3.95. The first kappa shape index (κ1) is 18.4. The molecular weight excluding hydrogens is 266 g/mol. The number of alkyl carbamates (subject to hydrolysis) is 1. The van der Waals surface area contributed by atoms with Crippen LogP contribution in [-0.2, 0) is 18.0 Å². The van der Waals surface area contributed by atoms with Crippen LogP contribution in [0, 0.1) is 0 Å². The van der Waals surface area contributed by atoms with Crippen LogP contribution in [0.3, 0.4) is 0 Å². The van der Waals surface area contributed by atoms with E-state index >= 15 is 0 Å². The normalized spacial score (nSPS) is 12.3. The van der Waals surface area contributed by atoms with Crippen LogP contribution in [0.2, 0.25) is 6.04 Å². The summed E-state index contributed by atoms with van der Waals surface area (Å²) in [6.07, 6.45) is 1.09. The fraction of sp³-hybridized carbons (Fsp3) is 0.917. The molecule has 0 aliphatic heterocycles. The fourth-order valence-corrected chi connectivity index (χ4v) is 3.13. The van der Waals surface area contributed by atoms with E-state index in [1.165, 1.54) is 0 Å². The Morgan fingerprint density at radius 3 is 2.11 bits per heavy atom. The molecular formula is C12H27NO5Si. The summed E-state index contributed by atoms with van der Waals surface area (Å²) in [6.45, 7) is 6.24. The van der Waals surface area contributed by atoms with E-state index in [-0.39, 0.29) is 0 Å². The van der Waals surface area contributed by atoms with Crippen molar-refractivity contribution >= 4 is 14.9 Å². The first-order valence-electron chi connectivity index (χ1n) is 6.47. The minimum Gasteiger partial charge on any atom is -0.444 e. The molecule has 0 heterocycles. The van der Waals surface area contributed by atoms with Gasteiger partial charge in [-0.2, -0.15) is 0 Å². The maximum absolute atomic E-state index is 11.5. The van der Waals surface area contributed by atoms with Crippen molar-refractivity contribution in [2.45, 2.75) is 45.3 Å². The molecule has 1 amide bonds. The molecule has 0 spiro atoms. The number of carbonyl (C=O) groups is 1. The van der Waals surface area contributed by atoms with Crippen LogP contribution < -0.4 is 5.32 Å². The van der Waals surface area contributed by atoms with Gasteiger partial charge in [0.15, 0.2) is 0 Å². The third-order valence-corrected chi connectivity index (χ3v) is 5.91. The highest BCUT2D eigenvalue weighted by atomic mass is 28.4. The molecule has 19 heavy (non-hydrogen) atoms. The molecule has 0 aliphatic rings. The van der Waals surface area contributed by atoms with Crippen LogP contribution in [0.4, 0.5) is 4.79 Å². The van der Waals surface area contributed by atoms with Gasteiger partial charge in [0, 0.05) is 33.9 Å². The van der Waals surface area contributed by atoms with Crippen molar-refractivity contribution in [1.82, 2.24) is 5.32 Å². The molecule has 0 fully saturated rings. The zero-order valence-corrected chi connectivity index (χ0v) is 13.9. The molecule has 0 aliphatic carbocycles. The van der Waals surface area contributed by atoms with Crippen LogP contribution in [-0.4, -0.2) is 48.4 Å². The van der Waals surface area contributed by atoms with Gasteiger partial charge in [-0.05, 0) is 26.7 Å². The number of carbonyl (C=O) groups excluding carboxylic acids is 1. The summed E-state index contributed by atoms with van der Waals surface area (Å²) in [5.41, 5.74) is -0.436. The summed E-state index contributed by atoms with van der Waals surface area (Å²) in [5, 5.41) is 2.71. The van der Waals surface area contributed by atoms with E-state index in [9.17, 15) is 4.79 Å². The molecule has 0 saturated heterocycles. The second-order valence-electron chi connectivity index (χ2n) is 4.83.